The lowest BCUT2D eigenvalue weighted by Gasteiger charge is -2.44. The molecule has 0 saturated carbocycles. The number of fused-ring (bicyclic) bond motifs is 16. The molecule has 19 unspecified atom stereocenters. The molecule has 11 bridgehead atoms. The second kappa shape index (κ2) is 39.0. The number of H-pyrrole nitrogens is 2. The topological polar surface area (TPSA) is 662 Å². The van der Waals surface area contributed by atoms with Crippen LogP contribution in [-0.4, -0.2) is 242 Å². The Labute approximate surface area is 742 Å². The van der Waals surface area contributed by atoms with Gasteiger partial charge in [-0.1, -0.05) is 73.4 Å². The van der Waals surface area contributed by atoms with E-state index in [1.54, 1.807) is 44.3 Å². The number of para-hydroxylation sites is 1. The smallest absolute Gasteiger partial charge is 0.326 e. The van der Waals surface area contributed by atoms with Crippen molar-refractivity contribution in [3.63, 3.8) is 0 Å². The summed E-state index contributed by atoms with van der Waals surface area (Å²) in [6.45, 7) is 3.48. The van der Waals surface area contributed by atoms with Crippen molar-refractivity contribution in [2.24, 2.45) is 17.4 Å². The highest BCUT2D eigenvalue weighted by atomic mass is 35.5. The Kier molecular flexibility index (Phi) is 28.4. The molecule has 10 amide bonds. The van der Waals surface area contributed by atoms with Gasteiger partial charge in [0.25, 0.3) is 11.8 Å². The van der Waals surface area contributed by atoms with Gasteiger partial charge in [-0.3, -0.25) is 47.9 Å². The van der Waals surface area contributed by atoms with E-state index in [0.717, 1.165) is 60.7 Å². The zero-order valence-corrected chi connectivity index (χ0v) is 70.9. The van der Waals surface area contributed by atoms with E-state index in [9.17, 15) is 70.2 Å². The molecular weight excluding hydrogens is 1730 g/mol. The largest absolute Gasteiger partial charge is 0.508 e. The van der Waals surface area contributed by atoms with Crippen molar-refractivity contribution in [2.45, 2.75) is 181 Å². The Balaban J connectivity index is 0.981. The van der Waals surface area contributed by atoms with Gasteiger partial charge in [0.1, 0.15) is 102 Å². The van der Waals surface area contributed by atoms with Crippen LogP contribution in [-0.2, 0) is 86.3 Å². The van der Waals surface area contributed by atoms with Crippen molar-refractivity contribution in [1.82, 2.24) is 68.1 Å². The first-order valence-electron chi connectivity index (χ1n) is 40.6. The average Bonchev–Trinajstić information content (AvgIpc) is 1.50. The number of ether oxygens (including phenoxy) is 6. The van der Waals surface area contributed by atoms with E-state index in [1.807, 2.05) is 0 Å². The van der Waals surface area contributed by atoms with E-state index in [-0.39, 0.29) is 58.7 Å². The number of aromatic hydroxyl groups is 3. The molecule has 15 rings (SSSR count). The first-order chi connectivity index (χ1) is 61.2. The maximum Gasteiger partial charge on any atom is 0.326 e. The highest BCUT2D eigenvalue weighted by molar-refractivity contribution is 6.32. The lowest BCUT2D eigenvalue weighted by Crippen LogP contribution is -2.73. The number of halogens is 2. The fourth-order valence-electron chi connectivity index (χ4n) is 15.9. The van der Waals surface area contributed by atoms with E-state index in [0.29, 0.717) is 16.5 Å². The minimum atomic E-state index is -3.66. The molecule has 44 heteroatoms. The Morgan fingerprint density at radius 1 is 0.705 bits per heavy atom. The molecule has 8 aromatic rings. The molecule has 129 heavy (non-hydrogen) atoms. The number of imidazole rings is 1. The number of aromatic nitrogens is 3. The minimum Gasteiger partial charge on any atom is -0.508 e. The molecule has 7 aliphatic rings. The Morgan fingerprint density at radius 3 is 2.02 bits per heavy atom. The number of phenols is 3. The number of benzene rings is 6. The summed E-state index contributed by atoms with van der Waals surface area (Å²) in [7, 11) is 1.33. The number of nitrogens with zero attached hydrogens (tertiary/aromatic N) is 1. The molecule has 6 aromatic carbocycles. The number of aliphatic hydroxyl groups is 6. The Hall–Kier alpha value is -12.8. The van der Waals surface area contributed by atoms with Crippen LogP contribution in [0.25, 0.3) is 22.0 Å². The molecule has 0 radical (unpaired) electrons. The van der Waals surface area contributed by atoms with Gasteiger partial charge < -0.3 is 154 Å². The van der Waals surface area contributed by atoms with Crippen LogP contribution in [0, 0.1) is 5.92 Å². The van der Waals surface area contributed by atoms with Crippen LogP contribution in [0.15, 0.2) is 122 Å². The highest BCUT2D eigenvalue weighted by Crippen LogP contribution is 2.50. The monoisotopic (exact) mass is 1830 g/mol. The molecule has 42 nitrogen and oxygen atoms in total. The number of likely N-dealkylation sites (N-methyl/N-ethyl adjacent to an activating group) is 1. The fraction of sp³-hybridized carbons (Fsp3) is 0.388. The first kappa shape index (κ1) is 93.8. The zero-order chi connectivity index (χ0) is 93.1. The van der Waals surface area contributed by atoms with Crippen LogP contribution in [0.2, 0.25) is 10.0 Å². The summed E-state index contributed by atoms with van der Waals surface area (Å²) in [4.78, 5) is 177. The Morgan fingerprint density at radius 2 is 1.37 bits per heavy atom. The van der Waals surface area contributed by atoms with Gasteiger partial charge in [0.15, 0.2) is 17.8 Å². The number of nitrogens with two attached hydrogens (primary N) is 2. The quantitative estimate of drug-likeness (QED) is 0.0366. The maximum absolute atomic E-state index is 16.5. The van der Waals surface area contributed by atoms with Crippen LogP contribution >= 0.6 is 23.2 Å². The van der Waals surface area contributed by atoms with E-state index in [1.165, 1.54) is 51.6 Å². The number of primary amides is 1. The number of carbonyl (C=O) groups is 11. The molecule has 686 valence electrons. The van der Waals surface area contributed by atoms with E-state index in [4.69, 9.17) is 63.1 Å². The van der Waals surface area contributed by atoms with E-state index < -0.39 is 280 Å². The van der Waals surface area contributed by atoms with Gasteiger partial charge in [-0.15, -0.1) is 0 Å². The number of aliphatic carboxylic acids is 1. The molecule has 7 aliphatic heterocycles. The number of hydrogen-bond donors (Lipinski definition) is 24. The number of nitrogens with one attached hydrogen (secondary N) is 12. The lowest BCUT2D eigenvalue weighted by atomic mass is 9.84. The summed E-state index contributed by atoms with van der Waals surface area (Å²) in [6, 6.07) is 6.75. The number of carboxylic acids is 1. The summed E-state index contributed by atoms with van der Waals surface area (Å²) >= 11 is 14.6. The number of rotatable bonds is 23. The average molecular weight is 1830 g/mol. The maximum atomic E-state index is 16.5. The highest BCUT2D eigenvalue weighted by Gasteiger charge is 2.57. The van der Waals surface area contributed by atoms with Gasteiger partial charge in [0.05, 0.1) is 59.9 Å². The number of hydrogen-bond acceptors (Lipinski definition) is 29. The minimum absolute atomic E-state index is 0.0641. The van der Waals surface area contributed by atoms with Crippen molar-refractivity contribution in [2.75, 3.05) is 20.2 Å². The molecule has 2 aromatic heterocycles. The molecule has 0 aliphatic carbocycles. The molecule has 0 spiro atoms. The number of aliphatic hydroxyl groups excluding tert-OH is 6. The molecule has 2 saturated heterocycles. The third kappa shape index (κ3) is 20.4. The summed E-state index contributed by atoms with van der Waals surface area (Å²) in [5.41, 5.74) is 6.62. The standard InChI is InChI=1S/C85H95Cl2N15O27/c1-34(2)16-49(90-5)76(116)102-85(82(122)94-31-61(108)96-50(24-42-30-91-33-95-42)74(114)97-52(80(120)121)21-40-28-92-48-9-7-6-8-44(40)48)73(113)38-12-15-56(47(87)20-38)126-58-23-39-22-57(71(58)129-81-69(111)68(110)67(109)59(32-103)127-81)125-55-14-11-37(19-46(55)86)70(128-62-27-84(4,89)72(112)35(3)124-62)66-77(117)93-29-41-17-43(104)25-54(106)63(41)45-18-36(10-13-53(45)105)64(78(118)101-66)100-79(119)65(39)99-75(115)51(26-60(88)107)98-83(85)123/h6-15,17-20,22-23,25,28,30,33-35,49-52,59,62,64-70,72-73,81,90,92,103-106,109-113H,16,21,24,26-27,29,31-32,89H2,1-5H3,(H2,88,107)(H,91,95)(H,93,117)(H,94,122)(H,96,108)(H,97,114)(H,98,123)(H,99,115)(H,100,119)(H,101,118)(H,102,116)(H,120,121). The van der Waals surface area contributed by atoms with Gasteiger partial charge in [0, 0.05) is 71.8 Å². The molecule has 9 heterocycles. The molecule has 2 fully saturated rings. The predicted molar refractivity (Wildman–Crippen MR) is 450 cm³/mol. The summed E-state index contributed by atoms with van der Waals surface area (Å²) in [6.07, 6.45) is -17.0. The zero-order valence-electron chi connectivity index (χ0n) is 69.4. The normalized spacial score (nSPS) is 26.0. The van der Waals surface area contributed by atoms with Crippen molar-refractivity contribution in [3.8, 4) is 57.1 Å². The van der Waals surface area contributed by atoms with Crippen molar-refractivity contribution >= 4 is 99.1 Å². The van der Waals surface area contributed by atoms with Crippen LogP contribution < -0.4 is 78.8 Å². The van der Waals surface area contributed by atoms with E-state index >= 15 is 33.6 Å². The fourth-order valence-corrected chi connectivity index (χ4v) is 16.4. The summed E-state index contributed by atoms with van der Waals surface area (Å²) in [5.74, 6) is -21.1. The predicted octanol–water partition coefficient (Wildman–Crippen LogP) is -0.289. The summed E-state index contributed by atoms with van der Waals surface area (Å²) in [5, 5.41) is 139. The second-order valence-electron chi connectivity index (χ2n) is 32.5. The molecule has 19 atom stereocenters. The number of carbonyl (C=O) groups excluding carboxylic acids is 10. The number of phenolic OH excluding ortho intramolecular Hbond substituents is 3. The third-order valence-corrected chi connectivity index (χ3v) is 23.3. The second-order valence-corrected chi connectivity index (χ2v) is 33.3. The number of aromatic amines is 2. The SMILES string of the molecule is CNC(CC(C)C)C(=O)NC1(C(=O)NCC(=O)NC(Cc2c[nH]cn2)C(=O)NC(Cc2c[nH]c3ccccc23)C(=O)O)C(=O)NC(CC(N)=O)C(=O)NC2C(=O)NC3C(=O)NC(C(=O)NCc4cc(O)cc(O)c4-c4cc3ccc4O)C(OC3CC(C)(N)C(O)C(C)O3)c3ccc(c(Cl)c3)Oc3cc2cc(c3OC2OC(CO)C(O)C(O)C2O)Oc2ccc(cc2Cl)C1O. The van der Waals surface area contributed by atoms with Crippen LogP contribution in [0.3, 0.4) is 0 Å². The van der Waals surface area contributed by atoms with Crippen molar-refractivity contribution in [3.05, 3.63) is 171 Å². The number of amides is 10. The van der Waals surface area contributed by atoms with Crippen molar-refractivity contribution < 1.29 is 132 Å². The number of carboxylic acid groups (broad SMARTS) is 1. The van der Waals surface area contributed by atoms with Crippen LogP contribution in [0.1, 0.15) is 110 Å². The van der Waals surface area contributed by atoms with Crippen LogP contribution in [0.5, 0.6) is 46.0 Å². The summed E-state index contributed by atoms with van der Waals surface area (Å²) < 4.78 is 38.5. The van der Waals surface area contributed by atoms with Crippen LogP contribution in [0.4, 0.5) is 0 Å². The van der Waals surface area contributed by atoms with Crippen molar-refractivity contribution in [1.29, 1.82) is 0 Å². The molecular formula is C85H95Cl2N15O27. The Bertz CT molecular complexity index is 5650. The van der Waals surface area contributed by atoms with Gasteiger partial charge in [0.2, 0.25) is 64.8 Å². The first-order valence-corrected chi connectivity index (χ1v) is 41.3. The lowest BCUT2D eigenvalue weighted by molar-refractivity contribution is -0.277. The van der Waals surface area contributed by atoms with Gasteiger partial charge in [-0.05, 0) is 127 Å². The third-order valence-electron chi connectivity index (χ3n) is 22.7. The molecule has 26 N–H and O–H groups in total. The van der Waals surface area contributed by atoms with Gasteiger partial charge in [-0.25, -0.2) is 9.78 Å². The van der Waals surface area contributed by atoms with Gasteiger partial charge in [-0.2, -0.15) is 0 Å². The van der Waals surface area contributed by atoms with Gasteiger partial charge >= 0.3 is 5.97 Å². The van der Waals surface area contributed by atoms with E-state index in [2.05, 4.69) is 68.1 Å².